The second-order valence-corrected chi connectivity index (χ2v) is 9.09. The summed E-state index contributed by atoms with van der Waals surface area (Å²) in [5.41, 5.74) is 1.39. The summed E-state index contributed by atoms with van der Waals surface area (Å²) >= 11 is 7.58. The summed E-state index contributed by atoms with van der Waals surface area (Å²) in [5, 5.41) is 16.2. The number of amides is 1. The van der Waals surface area contributed by atoms with E-state index in [9.17, 15) is 19.7 Å². The SMILES string of the molecule is CCC(=O)N1c2ccccc2-c2c(=O)[nH]c(SC)n[n+]2[C@@H]1c1ccc(-c2ccc([N+](=O)[O-])cc2Cl)o1. The Labute approximate surface area is 213 Å². The minimum Gasteiger partial charge on any atom is -0.452 e. The van der Waals surface area contributed by atoms with E-state index in [0.29, 0.717) is 39.2 Å². The highest BCUT2D eigenvalue weighted by Gasteiger charge is 2.47. The fourth-order valence-corrected chi connectivity index (χ4v) is 4.85. The van der Waals surface area contributed by atoms with Crippen LogP contribution in [0.4, 0.5) is 11.4 Å². The van der Waals surface area contributed by atoms with Crippen molar-refractivity contribution >= 4 is 40.6 Å². The number of rotatable bonds is 5. The minimum atomic E-state index is -0.888. The molecule has 1 atom stereocenters. The van der Waals surface area contributed by atoms with Gasteiger partial charge in [0.15, 0.2) is 5.76 Å². The molecule has 2 aromatic heterocycles. The van der Waals surface area contributed by atoms with Crippen LogP contribution in [-0.4, -0.2) is 27.2 Å². The molecule has 4 aromatic rings. The fourth-order valence-electron chi connectivity index (χ4n) is 4.22. The molecule has 12 heteroatoms. The number of anilines is 1. The number of carbonyl (C=O) groups is 1. The van der Waals surface area contributed by atoms with Crippen LogP contribution in [0.15, 0.2) is 69.0 Å². The molecule has 0 fully saturated rings. The van der Waals surface area contributed by atoms with E-state index in [0.717, 1.165) is 0 Å². The van der Waals surface area contributed by atoms with Crippen molar-refractivity contribution < 1.29 is 18.8 Å². The van der Waals surface area contributed by atoms with Crippen LogP contribution in [0.3, 0.4) is 0 Å². The summed E-state index contributed by atoms with van der Waals surface area (Å²) < 4.78 is 7.67. The lowest BCUT2D eigenvalue weighted by atomic mass is 10.0. The Morgan fingerprint density at radius 3 is 2.72 bits per heavy atom. The van der Waals surface area contributed by atoms with E-state index in [1.54, 1.807) is 54.5 Å². The van der Waals surface area contributed by atoms with E-state index >= 15 is 0 Å². The first-order valence-electron chi connectivity index (χ1n) is 10.9. The van der Waals surface area contributed by atoms with E-state index in [1.165, 1.54) is 34.6 Å². The number of non-ortho nitro benzene ring substituents is 1. The van der Waals surface area contributed by atoms with Gasteiger partial charge in [-0.15, -0.1) is 0 Å². The molecule has 182 valence electrons. The van der Waals surface area contributed by atoms with E-state index in [-0.39, 0.29) is 28.6 Å². The predicted octanol–water partition coefficient (Wildman–Crippen LogP) is 4.57. The number of nitrogens with one attached hydrogen (secondary N) is 1. The van der Waals surface area contributed by atoms with Crippen LogP contribution in [0.25, 0.3) is 22.6 Å². The van der Waals surface area contributed by atoms with Gasteiger partial charge in [-0.05, 0) is 41.3 Å². The van der Waals surface area contributed by atoms with Crippen LogP contribution in [0, 0.1) is 10.1 Å². The van der Waals surface area contributed by atoms with Crippen molar-refractivity contribution in [3.63, 3.8) is 0 Å². The first kappa shape index (κ1) is 23.8. The Bertz CT molecular complexity index is 1580. The van der Waals surface area contributed by atoms with Crippen LogP contribution < -0.4 is 15.1 Å². The van der Waals surface area contributed by atoms with Gasteiger partial charge in [0, 0.05) is 29.2 Å². The lowest BCUT2D eigenvalue weighted by molar-refractivity contribution is -0.764. The zero-order chi connectivity index (χ0) is 25.6. The van der Waals surface area contributed by atoms with Gasteiger partial charge in [-0.2, -0.15) is 0 Å². The van der Waals surface area contributed by atoms with Crippen molar-refractivity contribution in [1.29, 1.82) is 0 Å². The van der Waals surface area contributed by atoms with Gasteiger partial charge in [0.05, 0.1) is 21.2 Å². The van der Waals surface area contributed by atoms with Crippen molar-refractivity contribution in [1.82, 2.24) is 10.1 Å². The van der Waals surface area contributed by atoms with Gasteiger partial charge in [0.25, 0.3) is 5.69 Å². The highest BCUT2D eigenvalue weighted by Crippen LogP contribution is 2.40. The Morgan fingerprint density at radius 1 is 1.25 bits per heavy atom. The maximum absolute atomic E-state index is 13.3. The molecule has 5 rings (SSSR count). The van der Waals surface area contributed by atoms with Gasteiger partial charge in [0.1, 0.15) is 5.76 Å². The Hall–Kier alpha value is -3.96. The maximum atomic E-state index is 13.3. The Kier molecular flexibility index (Phi) is 6.10. The monoisotopic (exact) mass is 524 g/mol. The number of nitro groups is 1. The number of thioether (sulfide) groups is 1. The molecule has 0 saturated heterocycles. The molecule has 10 nitrogen and oxygen atoms in total. The van der Waals surface area contributed by atoms with Gasteiger partial charge >= 0.3 is 17.4 Å². The molecule has 1 amide bonds. The number of aromatic nitrogens is 3. The molecule has 3 heterocycles. The second kappa shape index (κ2) is 9.25. The van der Waals surface area contributed by atoms with E-state index in [2.05, 4.69) is 10.1 Å². The number of hydrogen-bond donors (Lipinski definition) is 1. The molecular weight excluding hydrogens is 506 g/mol. The minimum absolute atomic E-state index is 0.142. The van der Waals surface area contributed by atoms with Gasteiger partial charge in [-0.25, -0.2) is 4.90 Å². The second-order valence-electron chi connectivity index (χ2n) is 7.89. The van der Waals surface area contributed by atoms with Gasteiger partial charge < -0.3 is 4.42 Å². The fraction of sp³-hybridized carbons (Fsp3) is 0.167. The molecule has 0 spiro atoms. The van der Waals surface area contributed by atoms with Crippen LogP contribution in [-0.2, 0) is 4.79 Å². The van der Waals surface area contributed by atoms with E-state index in [4.69, 9.17) is 16.0 Å². The molecule has 0 bridgehead atoms. The average Bonchev–Trinajstić information content (AvgIpc) is 3.36. The lowest BCUT2D eigenvalue weighted by Crippen LogP contribution is -2.60. The van der Waals surface area contributed by atoms with Crippen molar-refractivity contribution in [2.75, 3.05) is 11.2 Å². The Balaban J connectivity index is 1.72. The number of halogens is 1. The number of hydrogen-bond acceptors (Lipinski definition) is 7. The normalized spacial score (nSPS) is 14.3. The molecule has 0 radical (unpaired) electrons. The number of nitrogens with zero attached hydrogens (tertiary/aromatic N) is 4. The van der Waals surface area contributed by atoms with Crippen molar-refractivity contribution in [2.24, 2.45) is 0 Å². The van der Waals surface area contributed by atoms with Crippen molar-refractivity contribution in [3.05, 3.63) is 85.8 Å². The summed E-state index contributed by atoms with van der Waals surface area (Å²) in [5.74, 6) is 0.501. The number of para-hydroxylation sites is 1. The van der Waals surface area contributed by atoms with Crippen LogP contribution in [0.5, 0.6) is 0 Å². The quantitative estimate of drug-likeness (QED) is 0.175. The molecular formula is C24H19ClN5O5S+. The van der Waals surface area contributed by atoms with Crippen molar-refractivity contribution in [2.45, 2.75) is 24.7 Å². The summed E-state index contributed by atoms with van der Waals surface area (Å²) in [6.07, 6.45) is 1.11. The average molecular weight is 525 g/mol. The number of aromatic amines is 1. The number of H-pyrrole nitrogens is 1. The molecule has 0 aliphatic carbocycles. The summed E-state index contributed by atoms with van der Waals surface area (Å²) in [6.45, 7) is 1.75. The van der Waals surface area contributed by atoms with Crippen LogP contribution in [0.2, 0.25) is 5.02 Å². The van der Waals surface area contributed by atoms with Crippen molar-refractivity contribution in [3.8, 4) is 22.6 Å². The molecule has 2 aromatic carbocycles. The third-order valence-electron chi connectivity index (χ3n) is 5.83. The Morgan fingerprint density at radius 2 is 2.03 bits per heavy atom. The number of furan rings is 1. The summed E-state index contributed by atoms with van der Waals surface area (Å²) in [4.78, 5) is 41.3. The highest BCUT2D eigenvalue weighted by molar-refractivity contribution is 7.98. The van der Waals surface area contributed by atoms with E-state index in [1.807, 2.05) is 0 Å². The summed E-state index contributed by atoms with van der Waals surface area (Å²) in [7, 11) is 0. The van der Waals surface area contributed by atoms with Gasteiger partial charge in [0.2, 0.25) is 11.1 Å². The van der Waals surface area contributed by atoms with Gasteiger partial charge in [-0.3, -0.25) is 24.7 Å². The summed E-state index contributed by atoms with van der Waals surface area (Å²) in [6, 6.07) is 14.6. The first-order valence-corrected chi connectivity index (χ1v) is 12.5. The van der Waals surface area contributed by atoms with Crippen LogP contribution >= 0.6 is 23.4 Å². The number of fused-ring (bicyclic) bond motifs is 3. The van der Waals surface area contributed by atoms with Crippen LogP contribution in [0.1, 0.15) is 25.3 Å². The standard InChI is InChI=1S/C24H18ClN5O5S/c1-3-20(31)28-17-7-5-4-6-15(17)21-22(32)26-24(36-2)27-29(21)23(28)19-11-10-18(35-19)14-9-8-13(30(33)34)12-16(14)25/h4-12,23H,3H2,1-2H3/p+1/t23-/m1/s1. The number of benzene rings is 2. The third kappa shape index (κ3) is 3.86. The molecule has 1 aliphatic rings. The van der Waals surface area contributed by atoms with E-state index < -0.39 is 11.1 Å². The zero-order valence-corrected chi connectivity index (χ0v) is 20.7. The largest absolute Gasteiger partial charge is 0.452 e. The molecule has 1 aliphatic heterocycles. The smallest absolute Gasteiger partial charge is 0.325 e. The molecule has 1 N–H and O–H groups in total. The molecule has 36 heavy (non-hydrogen) atoms. The topological polar surface area (TPSA) is 126 Å². The number of nitro benzene ring substituents is 1. The number of carbonyl (C=O) groups excluding carboxylic acids is 1. The van der Waals surface area contributed by atoms with Gasteiger partial charge in [-0.1, -0.05) is 42.4 Å². The first-order chi connectivity index (χ1) is 17.3. The maximum Gasteiger partial charge on any atom is 0.325 e. The predicted molar refractivity (Wildman–Crippen MR) is 134 cm³/mol. The highest BCUT2D eigenvalue weighted by atomic mass is 35.5. The molecule has 0 saturated carbocycles. The zero-order valence-electron chi connectivity index (χ0n) is 19.1. The third-order valence-corrected chi connectivity index (χ3v) is 6.72. The lowest BCUT2D eigenvalue weighted by Gasteiger charge is -2.30. The molecule has 0 unspecified atom stereocenters.